The number of carbonyl (C=O) groups is 1. The summed E-state index contributed by atoms with van der Waals surface area (Å²) in [6.07, 6.45) is 0. The van der Waals surface area contributed by atoms with E-state index in [4.69, 9.17) is 9.84 Å². The first-order chi connectivity index (χ1) is 8.65. The first kappa shape index (κ1) is 12.0. The van der Waals surface area contributed by atoms with Gasteiger partial charge in [0.2, 0.25) is 5.95 Å². The molecule has 0 amide bonds. The SMILES string of the molecule is O=C(O)c1ccc(OCc2cccc(F)n2)cc1. The van der Waals surface area contributed by atoms with Crippen molar-refractivity contribution in [1.82, 2.24) is 4.98 Å². The van der Waals surface area contributed by atoms with E-state index >= 15 is 0 Å². The lowest BCUT2D eigenvalue weighted by Crippen LogP contribution is -2.00. The lowest BCUT2D eigenvalue weighted by molar-refractivity contribution is 0.0697. The van der Waals surface area contributed by atoms with E-state index in [1.807, 2.05) is 0 Å². The van der Waals surface area contributed by atoms with Gasteiger partial charge in [0.25, 0.3) is 0 Å². The van der Waals surface area contributed by atoms with Gasteiger partial charge in [-0.2, -0.15) is 4.39 Å². The second-order valence-electron chi connectivity index (χ2n) is 3.57. The molecule has 0 aliphatic rings. The molecule has 0 spiro atoms. The first-order valence-corrected chi connectivity index (χ1v) is 5.23. The number of carboxylic acids is 1. The van der Waals surface area contributed by atoms with E-state index in [1.54, 1.807) is 24.3 Å². The highest BCUT2D eigenvalue weighted by Crippen LogP contribution is 2.13. The summed E-state index contributed by atoms with van der Waals surface area (Å²) < 4.78 is 18.2. The number of aromatic carboxylic acids is 1. The van der Waals surface area contributed by atoms with Gasteiger partial charge in [-0.3, -0.25) is 0 Å². The lowest BCUT2D eigenvalue weighted by Gasteiger charge is -2.05. The van der Waals surface area contributed by atoms with Crippen molar-refractivity contribution in [2.24, 2.45) is 0 Å². The Balaban J connectivity index is 2.00. The Morgan fingerprint density at radius 1 is 1.22 bits per heavy atom. The molecule has 92 valence electrons. The minimum absolute atomic E-state index is 0.129. The molecule has 18 heavy (non-hydrogen) atoms. The van der Waals surface area contributed by atoms with E-state index in [0.29, 0.717) is 11.4 Å². The van der Waals surface area contributed by atoms with Crippen molar-refractivity contribution in [2.75, 3.05) is 0 Å². The predicted octanol–water partition coefficient (Wildman–Crippen LogP) is 2.50. The average Bonchev–Trinajstić information content (AvgIpc) is 2.37. The molecule has 2 aromatic rings. The minimum Gasteiger partial charge on any atom is -0.487 e. The number of rotatable bonds is 4. The topological polar surface area (TPSA) is 59.4 Å². The summed E-state index contributed by atoms with van der Waals surface area (Å²) in [5, 5.41) is 8.72. The molecule has 5 heteroatoms. The molecule has 0 saturated heterocycles. The van der Waals surface area contributed by atoms with Crippen molar-refractivity contribution in [3.63, 3.8) is 0 Å². The third-order valence-corrected chi connectivity index (χ3v) is 2.26. The number of carboxylic acid groups (broad SMARTS) is 1. The Labute approximate surface area is 103 Å². The van der Waals surface area contributed by atoms with Crippen molar-refractivity contribution in [1.29, 1.82) is 0 Å². The van der Waals surface area contributed by atoms with Crippen LogP contribution in [0.5, 0.6) is 5.75 Å². The van der Waals surface area contributed by atoms with Gasteiger partial charge in [0.1, 0.15) is 12.4 Å². The molecule has 4 nitrogen and oxygen atoms in total. The number of hydrogen-bond acceptors (Lipinski definition) is 3. The second-order valence-corrected chi connectivity index (χ2v) is 3.57. The molecule has 0 radical (unpaired) electrons. The number of ether oxygens (including phenoxy) is 1. The molecule has 0 fully saturated rings. The Morgan fingerprint density at radius 3 is 2.56 bits per heavy atom. The fourth-order valence-electron chi connectivity index (χ4n) is 1.38. The van der Waals surface area contributed by atoms with E-state index in [2.05, 4.69) is 4.98 Å². The fourth-order valence-corrected chi connectivity index (χ4v) is 1.38. The van der Waals surface area contributed by atoms with Crippen molar-refractivity contribution in [2.45, 2.75) is 6.61 Å². The molecule has 0 bridgehead atoms. The van der Waals surface area contributed by atoms with E-state index in [9.17, 15) is 9.18 Å². The number of halogens is 1. The molecule has 0 aliphatic carbocycles. The van der Waals surface area contributed by atoms with E-state index < -0.39 is 11.9 Å². The van der Waals surface area contributed by atoms with Gasteiger partial charge in [0.05, 0.1) is 11.3 Å². The van der Waals surface area contributed by atoms with Crippen molar-refractivity contribution >= 4 is 5.97 Å². The molecule has 1 aromatic heterocycles. The molecular weight excluding hydrogens is 237 g/mol. The molecule has 0 unspecified atom stereocenters. The third kappa shape index (κ3) is 3.04. The zero-order valence-electron chi connectivity index (χ0n) is 9.34. The van der Waals surface area contributed by atoms with Crippen LogP contribution in [0.4, 0.5) is 4.39 Å². The highest BCUT2D eigenvalue weighted by molar-refractivity contribution is 5.87. The molecular formula is C13H10FNO3. The molecule has 0 saturated carbocycles. The summed E-state index contributed by atoms with van der Waals surface area (Å²) in [6.45, 7) is 0.129. The maximum Gasteiger partial charge on any atom is 0.335 e. The van der Waals surface area contributed by atoms with Crippen LogP contribution >= 0.6 is 0 Å². The minimum atomic E-state index is -0.992. The Kier molecular flexibility index (Phi) is 3.52. The van der Waals surface area contributed by atoms with Crippen LogP contribution in [0.2, 0.25) is 0 Å². The van der Waals surface area contributed by atoms with Crippen LogP contribution in [-0.2, 0) is 6.61 Å². The number of aromatic nitrogens is 1. The average molecular weight is 247 g/mol. The lowest BCUT2D eigenvalue weighted by atomic mass is 10.2. The standard InChI is InChI=1S/C13H10FNO3/c14-12-3-1-2-10(15-12)8-18-11-6-4-9(5-7-11)13(16)17/h1-7H,8H2,(H,16,17). The molecule has 1 aromatic carbocycles. The number of benzene rings is 1. The number of pyridine rings is 1. The normalized spacial score (nSPS) is 10.1. The number of hydrogen-bond donors (Lipinski definition) is 1. The van der Waals surface area contributed by atoms with Crippen LogP contribution in [-0.4, -0.2) is 16.1 Å². The zero-order chi connectivity index (χ0) is 13.0. The smallest absolute Gasteiger partial charge is 0.335 e. The quantitative estimate of drug-likeness (QED) is 0.843. The zero-order valence-corrected chi connectivity index (χ0v) is 9.34. The maximum absolute atomic E-state index is 12.8. The third-order valence-electron chi connectivity index (χ3n) is 2.26. The Hall–Kier alpha value is -2.43. The van der Waals surface area contributed by atoms with Gasteiger partial charge in [-0.25, -0.2) is 9.78 Å². The predicted molar refractivity (Wildman–Crippen MR) is 61.9 cm³/mol. The van der Waals surface area contributed by atoms with Gasteiger partial charge in [-0.15, -0.1) is 0 Å². The summed E-state index contributed by atoms with van der Waals surface area (Å²) >= 11 is 0. The Bertz CT molecular complexity index is 554. The highest BCUT2D eigenvalue weighted by atomic mass is 19.1. The van der Waals surface area contributed by atoms with E-state index in [1.165, 1.54) is 18.2 Å². The van der Waals surface area contributed by atoms with Gasteiger partial charge in [-0.05, 0) is 36.4 Å². The van der Waals surface area contributed by atoms with Crippen molar-refractivity contribution in [3.05, 3.63) is 59.7 Å². The summed E-state index contributed by atoms with van der Waals surface area (Å²) in [6, 6.07) is 10.4. The molecule has 1 heterocycles. The van der Waals surface area contributed by atoms with Crippen LogP contribution in [0.15, 0.2) is 42.5 Å². The van der Waals surface area contributed by atoms with Crippen LogP contribution in [0, 0.1) is 5.95 Å². The summed E-state index contributed by atoms with van der Waals surface area (Å²) in [5.74, 6) is -1.04. The molecule has 0 atom stereocenters. The van der Waals surface area contributed by atoms with E-state index in [-0.39, 0.29) is 12.2 Å². The van der Waals surface area contributed by atoms with Crippen LogP contribution in [0.1, 0.15) is 16.1 Å². The number of nitrogens with zero attached hydrogens (tertiary/aromatic N) is 1. The first-order valence-electron chi connectivity index (χ1n) is 5.23. The second kappa shape index (κ2) is 5.27. The molecule has 1 N–H and O–H groups in total. The Morgan fingerprint density at radius 2 is 1.94 bits per heavy atom. The van der Waals surface area contributed by atoms with E-state index in [0.717, 1.165) is 0 Å². The highest BCUT2D eigenvalue weighted by Gasteiger charge is 2.03. The van der Waals surface area contributed by atoms with Crippen LogP contribution < -0.4 is 4.74 Å². The van der Waals surface area contributed by atoms with Crippen LogP contribution in [0.25, 0.3) is 0 Å². The summed E-state index contributed by atoms with van der Waals surface area (Å²) in [4.78, 5) is 14.3. The van der Waals surface area contributed by atoms with Gasteiger partial charge >= 0.3 is 5.97 Å². The largest absolute Gasteiger partial charge is 0.487 e. The fraction of sp³-hybridized carbons (Fsp3) is 0.0769. The van der Waals surface area contributed by atoms with Crippen LogP contribution in [0.3, 0.4) is 0 Å². The van der Waals surface area contributed by atoms with Gasteiger partial charge < -0.3 is 9.84 Å². The summed E-state index contributed by atoms with van der Waals surface area (Å²) in [5.41, 5.74) is 0.656. The monoisotopic (exact) mass is 247 g/mol. The van der Waals surface area contributed by atoms with Gasteiger partial charge in [-0.1, -0.05) is 6.07 Å². The summed E-state index contributed by atoms with van der Waals surface area (Å²) in [7, 11) is 0. The maximum atomic E-state index is 12.8. The van der Waals surface area contributed by atoms with Crippen molar-refractivity contribution < 1.29 is 19.0 Å². The van der Waals surface area contributed by atoms with Crippen molar-refractivity contribution in [3.8, 4) is 5.75 Å². The molecule has 2 rings (SSSR count). The molecule has 0 aliphatic heterocycles. The van der Waals surface area contributed by atoms with Gasteiger partial charge in [0, 0.05) is 0 Å². The van der Waals surface area contributed by atoms with Gasteiger partial charge in [0.15, 0.2) is 0 Å².